The Bertz CT molecular complexity index is 4780. The number of benzene rings is 13. The molecule has 0 radical (unpaired) electrons. The summed E-state index contributed by atoms with van der Waals surface area (Å²) in [6.07, 6.45) is 0. The van der Waals surface area contributed by atoms with Gasteiger partial charge in [0.2, 0.25) is 0 Å². The average molecular weight is 1100 g/mol. The summed E-state index contributed by atoms with van der Waals surface area (Å²) >= 11 is 0. The van der Waals surface area contributed by atoms with Gasteiger partial charge in [0.25, 0.3) is 6.71 Å². The third-order valence-electron chi connectivity index (χ3n) is 17.9. The summed E-state index contributed by atoms with van der Waals surface area (Å²) in [5.74, 6) is 0. The van der Waals surface area contributed by atoms with Crippen molar-refractivity contribution < 1.29 is 0 Å². The minimum absolute atomic E-state index is 0.183. The van der Waals surface area contributed by atoms with Gasteiger partial charge in [0.15, 0.2) is 0 Å². The monoisotopic (exact) mass is 1100 g/mol. The normalized spacial score (nSPS) is 12.5. The molecule has 86 heavy (non-hydrogen) atoms. The van der Waals surface area contributed by atoms with Crippen LogP contribution in [-0.4, -0.2) is 11.3 Å². The van der Waals surface area contributed by atoms with Crippen LogP contribution in [0.15, 0.2) is 309 Å². The van der Waals surface area contributed by atoms with Crippen LogP contribution >= 0.6 is 0 Å². The second-order valence-electron chi connectivity index (χ2n) is 24.0. The summed E-state index contributed by atoms with van der Waals surface area (Å²) in [5.41, 5.74) is 29.1. The molecule has 3 heterocycles. The van der Waals surface area contributed by atoms with E-state index in [1.807, 2.05) is 0 Å². The van der Waals surface area contributed by atoms with Crippen LogP contribution in [0, 0.1) is 0 Å². The van der Waals surface area contributed by atoms with E-state index in [1.54, 1.807) is 0 Å². The third kappa shape index (κ3) is 8.35. The summed E-state index contributed by atoms with van der Waals surface area (Å²) in [7, 11) is 0. The highest BCUT2D eigenvalue weighted by atomic mass is 15.2. The van der Waals surface area contributed by atoms with Crippen LogP contribution in [0.5, 0.6) is 0 Å². The molecule has 0 saturated heterocycles. The van der Waals surface area contributed by atoms with Gasteiger partial charge in [-0.1, -0.05) is 288 Å². The van der Waals surface area contributed by atoms with E-state index in [2.05, 4.69) is 345 Å². The van der Waals surface area contributed by atoms with Crippen LogP contribution < -0.4 is 26.2 Å². The van der Waals surface area contributed by atoms with E-state index in [0.717, 1.165) is 78.3 Å². The summed E-state index contributed by atoms with van der Waals surface area (Å²) in [5, 5.41) is 2.41. The second-order valence-corrected chi connectivity index (χ2v) is 24.0. The SMILES string of the molecule is CC(C)(C)c1cc2c3c(c1)N(c1c(-c4ccccc4)cccc1-c1ccccc1)c1c(ccc4c1c1ccccc1n4-c1cccc(-c4ccccc4)c1)B3c1ccc(-c3ccccc3)cc1N2c1c(-c2ccccc2)cccc1-c1ccccc1. The van der Waals surface area contributed by atoms with E-state index in [0.29, 0.717) is 0 Å². The van der Waals surface area contributed by atoms with Crippen LogP contribution in [0.25, 0.3) is 94.3 Å². The molecule has 2 aliphatic rings. The van der Waals surface area contributed by atoms with Gasteiger partial charge in [0.1, 0.15) is 0 Å². The van der Waals surface area contributed by atoms with E-state index < -0.39 is 0 Å². The van der Waals surface area contributed by atoms with Crippen LogP contribution in [0.4, 0.5) is 34.1 Å². The first kappa shape index (κ1) is 51.0. The first-order valence-electron chi connectivity index (χ1n) is 30.0. The Morgan fingerprint density at radius 3 is 1.22 bits per heavy atom. The molecule has 0 spiro atoms. The number of hydrogen-bond acceptors (Lipinski definition) is 2. The van der Waals surface area contributed by atoms with Gasteiger partial charge in [-0.25, -0.2) is 0 Å². The van der Waals surface area contributed by atoms with Gasteiger partial charge in [-0.15, -0.1) is 0 Å². The zero-order valence-corrected chi connectivity index (χ0v) is 48.4. The largest absolute Gasteiger partial charge is 0.310 e. The highest BCUT2D eigenvalue weighted by Gasteiger charge is 2.47. The molecular weight excluding hydrogens is 1040 g/mol. The molecule has 0 amide bonds. The molecule has 0 atom stereocenters. The summed E-state index contributed by atoms with van der Waals surface area (Å²) in [4.78, 5) is 5.40. The molecule has 2 aliphatic heterocycles. The molecule has 0 unspecified atom stereocenters. The first-order chi connectivity index (χ1) is 42.4. The summed E-state index contributed by atoms with van der Waals surface area (Å²) in [6, 6.07) is 115. The minimum Gasteiger partial charge on any atom is -0.310 e. The van der Waals surface area contributed by atoms with Gasteiger partial charge in [-0.2, -0.15) is 0 Å². The maximum Gasteiger partial charge on any atom is 0.252 e. The maximum absolute atomic E-state index is 2.73. The predicted octanol–water partition coefficient (Wildman–Crippen LogP) is 20.2. The number of para-hydroxylation sites is 3. The van der Waals surface area contributed by atoms with Gasteiger partial charge in [0, 0.05) is 55.8 Å². The van der Waals surface area contributed by atoms with E-state index in [9.17, 15) is 0 Å². The van der Waals surface area contributed by atoms with Crippen molar-refractivity contribution in [2.45, 2.75) is 26.2 Å². The van der Waals surface area contributed by atoms with Crippen molar-refractivity contribution in [3.05, 3.63) is 315 Å². The van der Waals surface area contributed by atoms with Crippen molar-refractivity contribution in [1.82, 2.24) is 4.57 Å². The number of aromatic nitrogens is 1. The molecular formula is C82H60BN3. The van der Waals surface area contributed by atoms with Crippen molar-refractivity contribution in [2.24, 2.45) is 0 Å². The lowest BCUT2D eigenvalue weighted by Crippen LogP contribution is -2.61. The number of nitrogens with zero attached hydrogens (tertiary/aromatic N) is 3. The lowest BCUT2D eigenvalue weighted by molar-refractivity contribution is 0.590. The fourth-order valence-corrected chi connectivity index (χ4v) is 14.0. The van der Waals surface area contributed by atoms with Gasteiger partial charge in [-0.3, -0.25) is 0 Å². The lowest BCUT2D eigenvalue weighted by atomic mass is 9.33. The molecule has 4 heteroatoms. The molecule has 0 bridgehead atoms. The fraction of sp³-hybridized carbons (Fsp3) is 0.0488. The van der Waals surface area contributed by atoms with E-state index in [1.165, 1.54) is 72.0 Å². The zero-order valence-electron chi connectivity index (χ0n) is 48.4. The van der Waals surface area contributed by atoms with Gasteiger partial charge < -0.3 is 14.4 Å². The molecule has 3 nitrogen and oxygen atoms in total. The van der Waals surface area contributed by atoms with Crippen LogP contribution in [0.1, 0.15) is 26.3 Å². The van der Waals surface area contributed by atoms with E-state index in [4.69, 9.17) is 0 Å². The molecule has 14 aromatic rings. The first-order valence-corrected chi connectivity index (χ1v) is 30.0. The van der Waals surface area contributed by atoms with Crippen molar-refractivity contribution in [3.63, 3.8) is 0 Å². The maximum atomic E-state index is 2.73. The summed E-state index contributed by atoms with van der Waals surface area (Å²) < 4.78 is 2.51. The fourth-order valence-electron chi connectivity index (χ4n) is 14.0. The number of rotatable bonds is 9. The molecule has 0 saturated carbocycles. The van der Waals surface area contributed by atoms with E-state index >= 15 is 0 Å². The standard InChI is InChI=1S/C82H60BN3/c1-82(2,3)63-53-75-78-76(54-63)86(80-67(59-35-18-8-19-36-59)44-26-45-68(80)60-37-20-9-21-38-60)81-71(49-50-73-77(81)69-41-22-23-46-72(69)84(73)64-40-24-39-61(51-64)55-27-10-4-11-28-55)83(78)70-48-47-62(56-29-12-5-13-30-56)52-74(70)85(75)79-65(57-31-14-6-15-32-57)42-25-43-66(79)58-33-16-7-17-34-58/h4-54H,1-3H3. The highest BCUT2D eigenvalue weighted by Crippen LogP contribution is 2.55. The van der Waals surface area contributed by atoms with Gasteiger partial charge in [0.05, 0.1) is 28.1 Å². The highest BCUT2D eigenvalue weighted by molar-refractivity contribution is 7.00. The second kappa shape index (κ2) is 20.6. The van der Waals surface area contributed by atoms with Crippen LogP contribution in [0.2, 0.25) is 0 Å². The van der Waals surface area contributed by atoms with Gasteiger partial charge in [-0.05, 0) is 114 Å². The Hall–Kier alpha value is -10.7. The lowest BCUT2D eigenvalue weighted by Gasteiger charge is -2.46. The van der Waals surface area contributed by atoms with E-state index in [-0.39, 0.29) is 12.1 Å². The van der Waals surface area contributed by atoms with Crippen molar-refractivity contribution in [1.29, 1.82) is 0 Å². The average Bonchev–Trinajstić information content (AvgIpc) is 1.19. The quantitative estimate of drug-likeness (QED) is 0.133. The molecule has 0 aliphatic carbocycles. The summed E-state index contributed by atoms with van der Waals surface area (Å²) in [6.45, 7) is 6.96. The van der Waals surface area contributed by atoms with Crippen LogP contribution in [0.3, 0.4) is 0 Å². The third-order valence-corrected chi connectivity index (χ3v) is 17.9. The Labute approximate surface area is 504 Å². The van der Waals surface area contributed by atoms with Crippen molar-refractivity contribution >= 4 is 79.0 Å². The predicted molar refractivity (Wildman–Crippen MR) is 366 cm³/mol. The molecule has 406 valence electrons. The smallest absolute Gasteiger partial charge is 0.252 e. The molecule has 0 fully saturated rings. The minimum atomic E-state index is -0.279. The van der Waals surface area contributed by atoms with Crippen molar-refractivity contribution in [2.75, 3.05) is 9.80 Å². The topological polar surface area (TPSA) is 11.4 Å². The molecule has 16 rings (SSSR count). The number of fused-ring (bicyclic) bond motifs is 8. The Balaban J connectivity index is 1.10. The number of hydrogen-bond donors (Lipinski definition) is 0. The van der Waals surface area contributed by atoms with Crippen LogP contribution in [-0.2, 0) is 5.41 Å². The van der Waals surface area contributed by atoms with Crippen molar-refractivity contribution in [3.8, 4) is 72.4 Å². The zero-order chi connectivity index (χ0) is 57.5. The molecule has 0 N–H and O–H groups in total. The Morgan fingerprint density at radius 1 is 0.291 bits per heavy atom. The number of anilines is 6. The van der Waals surface area contributed by atoms with Gasteiger partial charge >= 0.3 is 0 Å². The molecule has 13 aromatic carbocycles. The Morgan fingerprint density at radius 2 is 0.709 bits per heavy atom. The Kier molecular flexibility index (Phi) is 12.2. The molecule has 1 aromatic heterocycles.